The van der Waals surface area contributed by atoms with Crippen LogP contribution in [-0.2, 0) is 6.18 Å². The van der Waals surface area contributed by atoms with E-state index in [4.69, 9.17) is 11.6 Å². The molecular weight excluding hydrogens is 379 g/mol. The Hall–Kier alpha value is -1.81. The summed E-state index contributed by atoms with van der Waals surface area (Å²) < 4.78 is 41.3. The highest BCUT2D eigenvalue weighted by Gasteiger charge is 2.55. The molecule has 2 aromatic heterocycles. The summed E-state index contributed by atoms with van der Waals surface area (Å²) in [7, 11) is 0. The molecule has 2 unspecified atom stereocenters. The van der Waals surface area contributed by atoms with Crippen LogP contribution in [0.25, 0.3) is 0 Å². The normalized spacial score (nSPS) is 25.6. The third-order valence-corrected chi connectivity index (χ3v) is 5.68. The van der Waals surface area contributed by atoms with Crippen LogP contribution in [0, 0.1) is 5.92 Å². The first-order valence-corrected chi connectivity index (χ1v) is 8.74. The van der Waals surface area contributed by atoms with Crippen LogP contribution in [-0.4, -0.2) is 43.8 Å². The van der Waals surface area contributed by atoms with E-state index >= 15 is 0 Å². The maximum atomic E-state index is 12.6. The molecular formula is C14H13ClF3N5OS. The molecule has 134 valence electrons. The zero-order valence-electron chi connectivity index (χ0n) is 12.7. The Morgan fingerprint density at radius 1 is 1.52 bits per heavy atom. The largest absolute Gasteiger partial charge is 0.452 e. The van der Waals surface area contributed by atoms with Crippen LogP contribution in [0.1, 0.15) is 29.2 Å². The van der Waals surface area contributed by atoms with Crippen molar-refractivity contribution in [2.75, 3.05) is 18.4 Å². The first-order chi connectivity index (χ1) is 11.8. The maximum Gasteiger partial charge on any atom is 0.452 e. The zero-order valence-corrected chi connectivity index (χ0v) is 14.3. The summed E-state index contributed by atoms with van der Waals surface area (Å²) in [5.74, 6) is -1.13. The number of rotatable bonds is 3. The molecule has 2 aromatic rings. The number of nitrogens with zero attached hydrogens (tertiary/aromatic N) is 3. The van der Waals surface area contributed by atoms with Crippen molar-refractivity contribution in [2.24, 2.45) is 5.92 Å². The smallest absolute Gasteiger partial charge is 0.356 e. The molecule has 3 heterocycles. The van der Waals surface area contributed by atoms with Crippen LogP contribution in [0.4, 0.5) is 18.3 Å². The molecule has 1 amide bonds. The van der Waals surface area contributed by atoms with Crippen LogP contribution in [0.5, 0.6) is 0 Å². The van der Waals surface area contributed by atoms with E-state index in [1.165, 1.54) is 6.20 Å². The van der Waals surface area contributed by atoms with Crippen LogP contribution < -0.4 is 5.32 Å². The average molecular weight is 392 g/mol. The first-order valence-electron chi connectivity index (χ1n) is 7.59. The summed E-state index contributed by atoms with van der Waals surface area (Å²) in [6, 6.07) is 1.56. The highest BCUT2D eigenvalue weighted by Crippen LogP contribution is 2.47. The fourth-order valence-electron chi connectivity index (χ4n) is 3.47. The van der Waals surface area contributed by atoms with E-state index in [-0.39, 0.29) is 17.0 Å². The number of fused-ring (bicyclic) bond motifs is 1. The zero-order chi connectivity index (χ0) is 17.8. The van der Waals surface area contributed by atoms with Gasteiger partial charge in [-0.3, -0.25) is 4.79 Å². The summed E-state index contributed by atoms with van der Waals surface area (Å²) in [5, 5.41) is 3.69. The Morgan fingerprint density at radius 2 is 2.32 bits per heavy atom. The molecule has 4 rings (SSSR count). The molecule has 1 saturated heterocycles. The number of alkyl halides is 3. The highest BCUT2D eigenvalue weighted by molar-refractivity contribution is 7.09. The molecule has 1 saturated carbocycles. The Bertz CT molecular complexity index is 821. The van der Waals surface area contributed by atoms with E-state index in [1.54, 1.807) is 11.0 Å². The molecule has 0 bridgehead atoms. The van der Waals surface area contributed by atoms with E-state index < -0.39 is 17.5 Å². The van der Waals surface area contributed by atoms with Crippen LogP contribution >= 0.6 is 23.1 Å². The van der Waals surface area contributed by atoms with Gasteiger partial charge in [0.25, 0.3) is 5.91 Å². The van der Waals surface area contributed by atoms with Crippen LogP contribution in [0.2, 0.25) is 5.02 Å². The van der Waals surface area contributed by atoms with Gasteiger partial charge in [-0.2, -0.15) is 22.5 Å². The fraction of sp³-hybridized carbons (Fsp3) is 0.500. The highest BCUT2D eigenvalue weighted by atomic mass is 35.5. The number of carbonyl (C=O) groups is 1. The lowest BCUT2D eigenvalue weighted by molar-refractivity contribution is -0.144. The molecule has 2 fully saturated rings. The number of halogens is 4. The van der Waals surface area contributed by atoms with Gasteiger partial charge < -0.3 is 15.2 Å². The van der Waals surface area contributed by atoms with Gasteiger partial charge in [-0.05, 0) is 18.9 Å². The molecule has 2 atom stereocenters. The van der Waals surface area contributed by atoms with Crippen molar-refractivity contribution >= 4 is 34.2 Å². The molecule has 25 heavy (non-hydrogen) atoms. The van der Waals surface area contributed by atoms with Gasteiger partial charge in [-0.15, -0.1) is 0 Å². The Kier molecular flexibility index (Phi) is 3.73. The number of anilines is 1. The molecule has 2 N–H and O–H groups in total. The number of likely N-dealkylation sites (tertiary alicyclic amines) is 1. The second-order valence-corrected chi connectivity index (χ2v) is 7.54. The second kappa shape index (κ2) is 5.60. The molecule has 0 aromatic carbocycles. The predicted molar refractivity (Wildman–Crippen MR) is 85.7 cm³/mol. The number of hydrogen-bond donors (Lipinski definition) is 2. The number of amides is 1. The van der Waals surface area contributed by atoms with Gasteiger partial charge in [-0.25, -0.2) is 0 Å². The minimum Gasteiger partial charge on any atom is -0.356 e. The standard InChI is InChI=1S/C14H13ClF3N5OS/c15-8-3-9(19-4-8)10(24)23-5-7-1-2-13(7,6-23)21-12-20-11(22-25-12)14(16,17)18/h3-4,7,19H,1-2,5-6H2,(H,20,21,22). The van der Waals surface area contributed by atoms with Crippen LogP contribution in [0.3, 0.4) is 0 Å². The lowest BCUT2D eigenvalue weighted by Gasteiger charge is -2.44. The van der Waals surface area contributed by atoms with Gasteiger partial charge in [0.05, 0.1) is 10.6 Å². The summed E-state index contributed by atoms with van der Waals surface area (Å²) >= 11 is 6.52. The van der Waals surface area contributed by atoms with Gasteiger partial charge in [0, 0.05) is 36.7 Å². The predicted octanol–water partition coefficient (Wildman–Crippen LogP) is 3.26. The van der Waals surface area contributed by atoms with E-state index in [2.05, 4.69) is 19.7 Å². The molecule has 2 aliphatic rings. The molecule has 6 nitrogen and oxygen atoms in total. The number of nitrogens with one attached hydrogen (secondary N) is 2. The molecule has 0 radical (unpaired) electrons. The summed E-state index contributed by atoms with van der Waals surface area (Å²) in [5.41, 5.74) is -0.0363. The lowest BCUT2D eigenvalue weighted by atomic mass is 9.69. The number of H-pyrrole nitrogens is 1. The minimum absolute atomic E-state index is 0.134. The van der Waals surface area contributed by atoms with Crippen molar-refractivity contribution in [3.8, 4) is 0 Å². The van der Waals surface area contributed by atoms with Crippen molar-refractivity contribution in [1.29, 1.82) is 0 Å². The van der Waals surface area contributed by atoms with Crippen molar-refractivity contribution in [3.05, 3.63) is 28.8 Å². The number of aromatic amines is 1. The van der Waals surface area contributed by atoms with E-state index in [0.29, 0.717) is 35.3 Å². The van der Waals surface area contributed by atoms with Crippen molar-refractivity contribution in [1.82, 2.24) is 19.2 Å². The monoisotopic (exact) mass is 391 g/mol. The summed E-state index contributed by atoms with van der Waals surface area (Å²) in [6.45, 7) is 0.960. The van der Waals surface area contributed by atoms with Crippen molar-refractivity contribution in [2.45, 2.75) is 24.6 Å². The number of hydrogen-bond acceptors (Lipinski definition) is 5. The van der Waals surface area contributed by atoms with Gasteiger partial charge in [-0.1, -0.05) is 11.6 Å². The van der Waals surface area contributed by atoms with Gasteiger partial charge >= 0.3 is 6.18 Å². The van der Waals surface area contributed by atoms with Gasteiger partial charge in [0.15, 0.2) is 0 Å². The summed E-state index contributed by atoms with van der Waals surface area (Å²) in [6.07, 6.45) is -1.34. The van der Waals surface area contributed by atoms with E-state index in [9.17, 15) is 18.0 Å². The quantitative estimate of drug-likeness (QED) is 0.842. The Labute approximate surface area is 149 Å². The fourth-order valence-corrected chi connectivity index (χ4v) is 4.32. The molecule has 1 aliphatic carbocycles. The second-order valence-electron chi connectivity index (χ2n) is 6.35. The van der Waals surface area contributed by atoms with Gasteiger partial charge in [0.1, 0.15) is 5.69 Å². The Balaban J connectivity index is 1.49. The van der Waals surface area contributed by atoms with E-state index in [0.717, 1.165) is 12.8 Å². The summed E-state index contributed by atoms with van der Waals surface area (Å²) in [4.78, 5) is 20.6. The average Bonchev–Trinajstić information content (AvgIpc) is 3.21. The molecule has 11 heteroatoms. The first kappa shape index (κ1) is 16.6. The maximum absolute atomic E-state index is 12.6. The lowest BCUT2D eigenvalue weighted by Crippen LogP contribution is -2.53. The third-order valence-electron chi connectivity index (χ3n) is 4.84. The van der Waals surface area contributed by atoms with Crippen molar-refractivity contribution < 1.29 is 18.0 Å². The minimum atomic E-state index is -4.56. The SMILES string of the molecule is O=C(c1cc(Cl)c[nH]1)N1CC2CCC2(Nc2nc(C(F)(F)F)ns2)C1. The Morgan fingerprint density at radius 3 is 2.88 bits per heavy atom. The van der Waals surface area contributed by atoms with Crippen LogP contribution in [0.15, 0.2) is 12.3 Å². The van der Waals surface area contributed by atoms with Gasteiger partial charge in [0.2, 0.25) is 11.0 Å². The molecule has 1 aliphatic heterocycles. The topological polar surface area (TPSA) is 73.9 Å². The number of carbonyl (C=O) groups excluding carboxylic acids is 1. The third kappa shape index (κ3) is 2.86. The molecule has 0 spiro atoms. The number of aromatic nitrogens is 3. The van der Waals surface area contributed by atoms with Crippen molar-refractivity contribution in [3.63, 3.8) is 0 Å². The van der Waals surface area contributed by atoms with E-state index in [1.807, 2.05) is 0 Å².